The number of likely N-dealkylation sites (tertiary alicyclic amines) is 1. The molecule has 1 aromatic carbocycles. The summed E-state index contributed by atoms with van der Waals surface area (Å²) in [5.74, 6) is 1.62. The maximum absolute atomic E-state index is 6.57. The first-order valence-corrected chi connectivity index (χ1v) is 11.5. The highest BCUT2D eigenvalue weighted by atomic mass is 35.5. The van der Waals surface area contributed by atoms with Crippen LogP contribution in [0.2, 0.25) is 15.2 Å². The minimum absolute atomic E-state index is 0.177. The van der Waals surface area contributed by atoms with Gasteiger partial charge in [-0.05, 0) is 32.5 Å². The minimum atomic E-state index is -0.177. The van der Waals surface area contributed by atoms with Crippen LogP contribution in [-0.4, -0.2) is 62.5 Å². The highest BCUT2D eigenvalue weighted by Gasteiger charge is 2.32. The summed E-state index contributed by atoms with van der Waals surface area (Å²) in [5.41, 5.74) is 1.73. The average Bonchev–Trinajstić information content (AvgIpc) is 2.82. The summed E-state index contributed by atoms with van der Waals surface area (Å²) in [5, 5.41) is 1.10. The molecular weight excluding hydrogens is 487 g/mol. The SMILES string of the molecule is C=Nc1cnc(Cl)cc1/C(=N\Cc1c(Cl)c(OC)cc(OC)c1Cl)N1CCC(C)(OC)CC1. The summed E-state index contributed by atoms with van der Waals surface area (Å²) < 4.78 is 16.5. The predicted octanol–water partition coefficient (Wildman–Crippen LogP) is 5.84. The summed E-state index contributed by atoms with van der Waals surface area (Å²) in [6, 6.07) is 3.39. The first-order chi connectivity index (χ1) is 15.8. The van der Waals surface area contributed by atoms with Crippen molar-refractivity contribution in [2.24, 2.45) is 9.98 Å². The third-order valence-electron chi connectivity index (χ3n) is 5.93. The first-order valence-electron chi connectivity index (χ1n) is 10.3. The standard InChI is InChI=1S/C23H27Cl3N4O3/c1-23(33-5)6-8-30(9-7-23)22(14-10-19(24)28-13-16(14)27-2)29-12-15-20(25)17(31-3)11-18(32-4)21(15)26/h10-11,13H,2,6-9,12H2,1,3-5H3/b29-22+. The number of rotatable bonds is 7. The van der Waals surface area contributed by atoms with E-state index in [2.05, 4.69) is 28.5 Å². The number of benzene rings is 1. The van der Waals surface area contributed by atoms with E-state index in [4.69, 9.17) is 54.0 Å². The lowest BCUT2D eigenvalue weighted by Crippen LogP contribution is -2.46. The molecule has 0 bridgehead atoms. The molecule has 1 aliphatic rings. The topological polar surface area (TPSA) is 68.5 Å². The Morgan fingerprint density at radius 3 is 2.21 bits per heavy atom. The van der Waals surface area contributed by atoms with Gasteiger partial charge < -0.3 is 19.1 Å². The lowest BCUT2D eigenvalue weighted by Gasteiger charge is -2.40. The van der Waals surface area contributed by atoms with Gasteiger partial charge >= 0.3 is 0 Å². The normalized spacial score (nSPS) is 16.0. The summed E-state index contributed by atoms with van der Waals surface area (Å²) in [4.78, 5) is 15.4. The fourth-order valence-electron chi connectivity index (χ4n) is 3.71. The number of nitrogens with zero attached hydrogens (tertiary/aromatic N) is 4. The highest BCUT2D eigenvalue weighted by molar-refractivity contribution is 6.38. The Kier molecular flexibility index (Phi) is 8.45. The molecule has 3 rings (SSSR count). The molecule has 0 spiro atoms. The van der Waals surface area contributed by atoms with Crippen LogP contribution in [-0.2, 0) is 11.3 Å². The van der Waals surface area contributed by atoms with Gasteiger partial charge in [-0.25, -0.2) is 4.98 Å². The summed E-state index contributed by atoms with van der Waals surface area (Å²) >= 11 is 19.4. The molecule has 10 heteroatoms. The number of hydrogen-bond donors (Lipinski definition) is 0. The molecule has 2 aromatic rings. The predicted molar refractivity (Wildman–Crippen MR) is 134 cm³/mol. The van der Waals surface area contributed by atoms with Gasteiger partial charge in [-0.15, -0.1) is 0 Å². The molecule has 0 aliphatic carbocycles. The lowest BCUT2D eigenvalue weighted by atomic mass is 9.93. The van der Waals surface area contributed by atoms with Crippen molar-refractivity contribution in [3.8, 4) is 11.5 Å². The summed E-state index contributed by atoms with van der Waals surface area (Å²) in [7, 11) is 4.82. The number of ether oxygens (including phenoxy) is 3. The molecule has 178 valence electrons. The van der Waals surface area contributed by atoms with Crippen LogP contribution in [0.4, 0.5) is 5.69 Å². The average molecular weight is 514 g/mol. The fourth-order valence-corrected chi connectivity index (χ4v) is 4.49. The first kappa shape index (κ1) is 25.6. The Morgan fingerprint density at radius 1 is 1.09 bits per heavy atom. The smallest absolute Gasteiger partial charge is 0.141 e. The molecule has 0 saturated carbocycles. The molecule has 1 fully saturated rings. The van der Waals surface area contributed by atoms with Crippen molar-refractivity contribution in [2.75, 3.05) is 34.4 Å². The Bertz CT molecular complexity index is 1030. The second-order valence-electron chi connectivity index (χ2n) is 7.85. The van der Waals surface area contributed by atoms with Crippen LogP contribution >= 0.6 is 34.8 Å². The van der Waals surface area contributed by atoms with Crippen molar-refractivity contribution in [1.29, 1.82) is 0 Å². The van der Waals surface area contributed by atoms with E-state index in [-0.39, 0.29) is 12.1 Å². The van der Waals surface area contributed by atoms with Crippen LogP contribution < -0.4 is 9.47 Å². The van der Waals surface area contributed by atoms with E-state index in [0.29, 0.717) is 43.8 Å². The largest absolute Gasteiger partial charge is 0.495 e. The van der Waals surface area contributed by atoms with Crippen molar-refractivity contribution in [3.05, 3.63) is 44.7 Å². The molecule has 1 aliphatic heterocycles. The third-order valence-corrected chi connectivity index (χ3v) is 6.96. The summed E-state index contributed by atoms with van der Waals surface area (Å²) in [6.07, 6.45) is 3.26. The van der Waals surface area contributed by atoms with Gasteiger partial charge in [0.05, 0.1) is 48.3 Å². The monoisotopic (exact) mass is 512 g/mol. The second-order valence-corrected chi connectivity index (χ2v) is 8.99. The van der Waals surface area contributed by atoms with Crippen molar-refractivity contribution < 1.29 is 14.2 Å². The van der Waals surface area contributed by atoms with Gasteiger partial charge in [-0.1, -0.05) is 34.8 Å². The maximum atomic E-state index is 6.57. The van der Waals surface area contributed by atoms with E-state index < -0.39 is 0 Å². The molecule has 1 aromatic heterocycles. The molecule has 0 amide bonds. The number of pyridine rings is 1. The van der Waals surface area contributed by atoms with Crippen LogP contribution in [0.1, 0.15) is 30.9 Å². The van der Waals surface area contributed by atoms with Crippen LogP contribution in [0.25, 0.3) is 0 Å². The van der Waals surface area contributed by atoms with Gasteiger partial charge in [0.15, 0.2) is 0 Å². The van der Waals surface area contributed by atoms with E-state index in [0.717, 1.165) is 31.5 Å². The van der Waals surface area contributed by atoms with E-state index >= 15 is 0 Å². The zero-order valence-electron chi connectivity index (χ0n) is 19.1. The molecule has 33 heavy (non-hydrogen) atoms. The van der Waals surface area contributed by atoms with Gasteiger partial charge in [-0.3, -0.25) is 9.98 Å². The van der Waals surface area contributed by atoms with Gasteiger partial charge in [0.1, 0.15) is 22.5 Å². The molecule has 0 atom stereocenters. The minimum Gasteiger partial charge on any atom is -0.495 e. The number of methoxy groups -OCH3 is 3. The van der Waals surface area contributed by atoms with Crippen molar-refractivity contribution in [3.63, 3.8) is 0 Å². The third kappa shape index (κ3) is 5.54. The summed E-state index contributed by atoms with van der Waals surface area (Å²) in [6.45, 7) is 7.46. The van der Waals surface area contributed by atoms with Gasteiger partial charge in [0, 0.05) is 37.4 Å². The Morgan fingerprint density at radius 2 is 1.70 bits per heavy atom. The fraction of sp³-hybridized carbons (Fsp3) is 0.435. The van der Waals surface area contributed by atoms with Crippen molar-refractivity contribution in [2.45, 2.75) is 31.9 Å². The number of aliphatic imine (C=N–C) groups is 2. The van der Waals surface area contributed by atoms with Crippen molar-refractivity contribution in [1.82, 2.24) is 9.88 Å². The number of amidine groups is 1. The van der Waals surface area contributed by atoms with Crippen LogP contribution in [0.5, 0.6) is 11.5 Å². The zero-order chi connectivity index (χ0) is 24.2. The molecule has 2 heterocycles. The maximum Gasteiger partial charge on any atom is 0.141 e. The van der Waals surface area contributed by atoms with E-state index in [1.54, 1.807) is 25.4 Å². The van der Waals surface area contributed by atoms with E-state index in [1.807, 2.05) is 0 Å². The highest BCUT2D eigenvalue weighted by Crippen LogP contribution is 2.41. The molecule has 1 saturated heterocycles. The van der Waals surface area contributed by atoms with E-state index in [9.17, 15) is 0 Å². The second kappa shape index (κ2) is 10.9. The van der Waals surface area contributed by atoms with Gasteiger partial charge in [0.2, 0.25) is 0 Å². The van der Waals surface area contributed by atoms with Crippen LogP contribution in [0.3, 0.4) is 0 Å². The molecule has 7 nitrogen and oxygen atoms in total. The lowest BCUT2D eigenvalue weighted by molar-refractivity contribution is -0.0318. The number of hydrogen-bond acceptors (Lipinski definition) is 6. The Hall–Kier alpha value is -2.06. The molecular formula is C23H27Cl3N4O3. The quantitative estimate of drug-likeness (QED) is 0.264. The molecule has 0 radical (unpaired) electrons. The molecule has 0 unspecified atom stereocenters. The van der Waals surface area contributed by atoms with Gasteiger partial charge in [-0.2, -0.15) is 0 Å². The van der Waals surface area contributed by atoms with E-state index in [1.165, 1.54) is 14.2 Å². The van der Waals surface area contributed by atoms with Crippen molar-refractivity contribution >= 4 is 53.0 Å². The molecule has 0 N–H and O–H groups in total. The Labute approximate surface area is 209 Å². The zero-order valence-corrected chi connectivity index (χ0v) is 21.4. The number of halogens is 3. The number of aromatic nitrogens is 1. The van der Waals surface area contributed by atoms with Crippen LogP contribution in [0, 0.1) is 0 Å². The number of piperidine rings is 1. The Balaban J connectivity index is 2.08. The van der Waals surface area contributed by atoms with Gasteiger partial charge in [0.25, 0.3) is 0 Å². The van der Waals surface area contributed by atoms with Crippen LogP contribution in [0.15, 0.2) is 28.3 Å².